The molecule has 0 spiro atoms. The van der Waals surface area contributed by atoms with Gasteiger partial charge in [-0.05, 0) is 40.3 Å². The van der Waals surface area contributed by atoms with E-state index in [0.717, 1.165) is 31.5 Å². The van der Waals surface area contributed by atoms with E-state index >= 15 is 0 Å². The summed E-state index contributed by atoms with van der Waals surface area (Å²) in [6.07, 6.45) is 2.15. The molecule has 1 aromatic carbocycles. The van der Waals surface area contributed by atoms with Gasteiger partial charge in [-0.2, -0.15) is 0 Å². The molecule has 134 valence electrons. The second-order valence-corrected chi connectivity index (χ2v) is 8.24. The van der Waals surface area contributed by atoms with Gasteiger partial charge in [-0.15, -0.1) is 16.4 Å². The Hall–Kier alpha value is -2.19. The Morgan fingerprint density at radius 1 is 1.15 bits per heavy atom. The summed E-state index contributed by atoms with van der Waals surface area (Å²) in [5.41, 5.74) is 0.986. The van der Waals surface area contributed by atoms with Crippen molar-refractivity contribution in [1.82, 2.24) is 25.1 Å². The van der Waals surface area contributed by atoms with E-state index in [2.05, 4.69) is 21.6 Å². The maximum Gasteiger partial charge on any atom is 0.240 e. The van der Waals surface area contributed by atoms with Crippen LogP contribution in [0, 0.1) is 0 Å². The first-order chi connectivity index (χ1) is 12.8. The highest BCUT2D eigenvalue weighted by Gasteiger charge is 2.30. The first-order valence-electron chi connectivity index (χ1n) is 8.60. The predicted molar refractivity (Wildman–Crippen MR) is 102 cm³/mol. The highest BCUT2D eigenvalue weighted by atomic mass is 32.2. The van der Waals surface area contributed by atoms with Crippen LogP contribution in [-0.4, -0.2) is 44.1 Å². The standard InChI is InChI=1S/C18H19N5OS2/c24-17(22-10-4-5-11-22)16(14-7-2-1-3-8-14)26-18-19-20-21-23(18)13-15-9-6-12-25-15/h1-3,6-9,12,16H,4-5,10-11,13H2/t16-/m0/s1. The minimum Gasteiger partial charge on any atom is -0.341 e. The van der Waals surface area contributed by atoms with Crippen LogP contribution >= 0.6 is 23.1 Å². The van der Waals surface area contributed by atoms with E-state index in [1.54, 1.807) is 16.0 Å². The number of thiophene rings is 1. The fourth-order valence-electron chi connectivity index (χ4n) is 3.03. The normalized spacial score (nSPS) is 15.3. The summed E-state index contributed by atoms with van der Waals surface area (Å²) in [7, 11) is 0. The zero-order valence-corrected chi connectivity index (χ0v) is 15.8. The monoisotopic (exact) mass is 385 g/mol. The van der Waals surface area contributed by atoms with Crippen LogP contribution in [0.1, 0.15) is 28.5 Å². The topological polar surface area (TPSA) is 63.9 Å². The third-order valence-corrected chi connectivity index (χ3v) is 6.43. The van der Waals surface area contributed by atoms with Gasteiger partial charge >= 0.3 is 0 Å². The van der Waals surface area contributed by atoms with E-state index in [1.807, 2.05) is 46.7 Å². The molecule has 4 rings (SSSR count). The summed E-state index contributed by atoms with van der Waals surface area (Å²) in [5, 5.41) is 14.5. The average Bonchev–Trinajstić information content (AvgIpc) is 3.44. The molecule has 1 saturated heterocycles. The summed E-state index contributed by atoms with van der Waals surface area (Å²) in [5.74, 6) is 0.143. The highest BCUT2D eigenvalue weighted by molar-refractivity contribution is 8.00. The van der Waals surface area contributed by atoms with Gasteiger partial charge in [-0.1, -0.05) is 48.2 Å². The second-order valence-electron chi connectivity index (χ2n) is 6.14. The van der Waals surface area contributed by atoms with Gasteiger partial charge in [-0.25, -0.2) is 4.68 Å². The smallest absolute Gasteiger partial charge is 0.240 e. The first-order valence-corrected chi connectivity index (χ1v) is 10.4. The zero-order chi connectivity index (χ0) is 17.8. The number of amides is 1. The van der Waals surface area contributed by atoms with Crippen molar-refractivity contribution in [3.63, 3.8) is 0 Å². The van der Waals surface area contributed by atoms with Gasteiger partial charge < -0.3 is 4.90 Å². The molecular weight excluding hydrogens is 366 g/mol. The number of carbonyl (C=O) groups excluding carboxylic acids is 1. The molecule has 8 heteroatoms. The van der Waals surface area contributed by atoms with Crippen molar-refractivity contribution in [2.45, 2.75) is 29.8 Å². The molecule has 1 aliphatic rings. The molecule has 0 radical (unpaired) electrons. The number of hydrogen-bond acceptors (Lipinski definition) is 6. The van der Waals surface area contributed by atoms with Crippen molar-refractivity contribution < 1.29 is 4.79 Å². The van der Waals surface area contributed by atoms with E-state index in [-0.39, 0.29) is 11.2 Å². The molecule has 6 nitrogen and oxygen atoms in total. The van der Waals surface area contributed by atoms with Gasteiger partial charge in [0.15, 0.2) is 0 Å². The van der Waals surface area contributed by atoms with Crippen LogP contribution in [-0.2, 0) is 11.3 Å². The molecule has 3 aromatic rings. The number of likely N-dealkylation sites (tertiary alicyclic amines) is 1. The molecule has 0 bridgehead atoms. The van der Waals surface area contributed by atoms with Gasteiger partial charge in [0.2, 0.25) is 11.1 Å². The van der Waals surface area contributed by atoms with Crippen LogP contribution in [0.25, 0.3) is 0 Å². The molecule has 26 heavy (non-hydrogen) atoms. The Balaban J connectivity index is 1.59. The van der Waals surface area contributed by atoms with Gasteiger partial charge in [0, 0.05) is 18.0 Å². The van der Waals surface area contributed by atoms with Gasteiger partial charge in [0.05, 0.1) is 6.54 Å². The van der Waals surface area contributed by atoms with Gasteiger partial charge in [0.1, 0.15) is 5.25 Å². The van der Waals surface area contributed by atoms with Crippen molar-refractivity contribution in [2.75, 3.05) is 13.1 Å². The molecule has 0 unspecified atom stereocenters. The fourth-order valence-corrected chi connectivity index (χ4v) is 4.77. The van der Waals surface area contributed by atoms with E-state index in [4.69, 9.17) is 0 Å². The van der Waals surface area contributed by atoms with Crippen molar-refractivity contribution >= 4 is 29.0 Å². The number of aromatic nitrogens is 4. The summed E-state index contributed by atoms with van der Waals surface area (Å²) in [6, 6.07) is 14.0. The summed E-state index contributed by atoms with van der Waals surface area (Å²) in [6.45, 7) is 2.29. The van der Waals surface area contributed by atoms with Crippen LogP contribution in [0.3, 0.4) is 0 Å². The lowest BCUT2D eigenvalue weighted by molar-refractivity contribution is -0.129. The van der Waals surface area contributed by atoms with Crippen molar-refractivity contribution in [3.05, 3.63) is 58.3 Å². The second kappa shape index (κ2) is 8.01. The van der Waals surface area contributed by atoms with E-state index < -0.39 is 0 Å². The Bertz CT molecular complexity index is 844. The van der Waals surface area contributed by atoms with Crippen molar-refractivity contribution in [2.24, 2.45) is 0 Å². The summed E-state index contributed by atoms with van der Waals surface area (Å²) < 4.78 is 1.77. The molecule has 3 heterocycles. The lowest BCUT2D eigenvalue weighted by Gasteiger charge is -2.22. The Morgan fingerprint density at radius 3 is 2.69 bits per heavy atom. The molecule has 0 N–H and O–H groups in total. The maximum atomic E-state index is 13.1. The SMILES string of the molecule is O=C([C@@H](Sc1nnnn1Cc1cccs1)c1ccccc1)N1CCCC1. The third kappa shape index (κ3) is 3.81. The molecule has 2 aromatic heterocycles. The van der Waals surface area contributed by atoms with Crippen LogP contribution in [0.5, 0.6) is 0 Å². The fraction of sp³-hybridized carbons (Fsp3) is 0.333. The number of tetrazole rings is 1. The number of hydrogen-bond donors (Lipinski definition) is 0. The van der Waals surface area contributed by atoms with Crippen LogP contribution in [0.15, 0.2) is 53.0 Å². The van der Waals surface area contributed by atoms with E-state index in [0.29, 0.717) is 11.7 Å². The highest BCUT2D eigenvalue weighted by Crippen LogP contribution is 2.36. The minimum atomic E-state index is -0.331. The molecular formula is C18H19N5OS2. The summed E-state index contributed by atoms with van der Waals surface area (Å²) >= 11 is 3.10. The number of rotatable bonds is 6. The van der Waals surface area contributed by atoms with Gasteiger partial charge in [-0.3, -0.25) is 4.79 Å². The number of benzene rings is 1. The number of thioether (sulfide) groups is 1. The lowest BCUT2D eigenvalue weighted by Crippen LogP contribution is -2.31. The van der Waals surface area contributed by atoms with Crippen molar-refractivity contribution in [3.8, 4) is 0 Å². The average molecular weight is 386 g/mol. The zero-order valence-electron chi connectivity index (χ0n) is 14.2. The molecule has 1 aliphatic heterocycles. The predicted octanol–water partition coefficient (Wildman–Crippen LogP) is 3.24. The van der Waals surface area contributed by atoms with Gasteiger partial charge in [0.25, 0.3) is 0 Å². The molecule has 1 atom stereocenters. The molecule has 1 amide bonds. The molecule has 1 fully saturated rings. The number of carbonyl (C=O) groups is 1. The third-order valence-electron chi connectivity index (χ3n) is 4.35. The van der Waals surface area contributed by atoms with Crippen LogP contribution in [0.4, 0.5) is 0 Å². The Morgan fingerprint density at radius 2 is 1.96 bits per heavy atom. The number of nitrogens with zero attached hydrogens (tertiary/aromatic N) is 5. The van der Waals surface area contributed by atoms with E-state index in [1.165, 1.54) is 16.6 Å². The first kappa shape index (κ1) is 17.2. The maximum absolute atomic E-state index is 13.1. The van der Waals surface area contributed by atoms with Crippen LogP contribution in [0.2, 0.25) is 0 Å². The van der Waals surface area contributed by atoms with E-state index in [9.17, 15) is 4.79 Å². The lowest BCUT2D eigenvalue weighted by atomic mass is 10.1. The quantitative estimate of drug-likeness (QED) is 0.610. The van der Waals surface area contributed by atoms with Crippen LogP contribution < -0.4 is 0 Å². The summed E-state index contributed by atoms with van der Waals surface area (Å²) in [4.78, 5) is 16.3. The Kier molecular flexibility index (Phi) is 5.31. The molecule has 0 aliphatic carbocycles. The van der Waals surface area contributed by atoms with Crippen molar-refractivity contribution in [1.29, 1.82) is 0 Å². The minimum absolute atomic E-state index is 0.143. The molecule has 0 saturated carbocycles. The largest absolute Gasteiger partial charge is 0.341 e. The Labute approximate surface area is 160 Å².